The summed E-state index contributed by atoms with van der Waals surface area (Å²) in [7, 11) is 0. The molecule has 1 aliphatic rings. The lowest BCUT2D eigenvalue weighted by atomic mass is 9.89. The van der Waals surface area contributed by atoms with E-state index in [4.69, 9.17) is 34.3 Å². The molecule has 13 rings (SSSR count). The van der Waals surface area contributed by atoms with Gasteiger partial charge in [0.15, 0.2) is 0 Å². The number of phenolic OH excluding ortho intramolecular Hbond substituents is 1. The number of aliphatic hydroxyl groups is 2. The molecule has 16 heteroatoms. The monoisotopic (exact) mass is 1310 g/mol. The van der Waals surface area contributed by atoms with Crippen LogP contribution in [0.5, 0.6) is 28.7 Å². The number of hydrogen-bond acceptors (Lipinski definition) is 13. The van der Waals surface area contributed by atoms with Gasteiger partial charge in [-0.15, -0.1) is 0 Å². The van der Waals surface area contributed by atoms with E-state index in [1.807, 2.05) is 227 Å². The van der Waals surface area contributed by atoms with Gasteiger partial charge >= 0.3 is 11.9 Å². The molecule has 0 bridgehead atoms. The van der Waals surface area contributed by atoms with Crippen LogP contribution in [0.3, 0.4) is 0 Å². The second kappa shape index (κ2) is 37.3. The smallest absolute Gasteiger partial charge is 0.336 e. The molecule has 98 heavy (non-hydrogen) atoms. The fourth-order valence-electron chi connectivity index (χ4n) is 10.4. The van der Waals surface area contributed by atoms with Gasteiger partial charge in [0.1, 0.15) is 72.9 Å². The Morgan fingerprint density at radius 1 is 0.490 bits per heavy atom. The maximum Gasteiger partial charge on any atom is 0.336 e. The van der Waals surface area contributed by atoms with Crippen molar-refractivity contribution < 1.29 is 58.9 Å². The van der Waals surface area contributed by atoms with Crippen LogP contribution in [0.4, 0.5) is 5.82 Å². The van der Waals surface area contributed by atoms with Crippen molar-refractivity contribution in [1.29, 1.82) is 0 Å². The third-order valence-electron chi connectivity index (χ3n) is 16.1. The Hall–Kier alpha value is -11.9. The molecule has 0 aliphatic carbocycles. The van der Waals surface area contributed by atoms with Crippen LogP contribution >= 0.6 is 0 Å². The first-order valence-corrected chi connectivity index (χ1v) is 31.7. The average Bonchev–Trinajstić information content (AvgIpc) is 1.62. The summed E-state index contributed by atoms with van der Waals surface area (Å²) >= 11 is 0. The van der Waals surface area contributed by atoms with E-state index in [9.17, 15) is 24.6 Å². The second-order valence-corrected chi connectivity index (χ2v) is 22.6. The highest BCUT2D eigenvalue weighted by Gasteiger charge is 2.31. The molecule has 7 N–H and O–H groups in total. The van der Waals surface area contributed by atoms with E-state index in [1.54, 1.807) is 50.5 Å². The molecule has 3 aromatic heterocycles. The number of fused-ring (bicyclic) bond motifs is 2. The van der Waals surface area contributed by atoms with Gasteiger partial charge in [0.2, 0.25) is 0 Å². The number of carbonyl (C=O) groups is 3. The summed E-state index contributed by atoms with van der Waals surface area (Å²) in [6.07, 6.45) is 5.68. The standard InChI is InChI=1S/C22H22N2O2.C15H14O3.C15H16O2.C15H14O2.C8H8O3.C7H6N2/c1-15-17(21(25)19-13-24-22-18(19)10-6-12-23-22)9-5-11-20(15)26-14-16-7-3-2-4-8-16;1-11-13(15(16)17)8-5-9-14(11)18-10-12-6-3-2-4-7-12;2*1-12-14(10-16)8-5-9-15(12)17-11-13-6-3-2-4-7-13;1-5-6(8(10)11)3-2-4-7(5)9;1-2-6-3-5-9-7(6)8-4-1/h2-12,19,21,25H,13-14H2,1H3,(H,23,24);2-9H,10H2,1H3,(H,16,17);2-9,16H,10-11H2,1H3;2-10H,11H2,1H3;2-4,9H,1H3,(H,10,11);1-5H,(H,8,9). The summed E-state index contributed by atoms with van der Waals surface area (Å²) in [5.41, 5.74) is 13.3. The van der Waals surface area contributed by atoms with Crippen molar-refractivity contribution in [3.05, 3.63) is 345 Å². The first-order valence-electron chi connectivity index (χ1n) is 31.7. The van der Waals surface area contributed by atoms with E-state index in [1.165, 1.54) is 18.2 Å². The maximum atomic E-state index is 11.0. The Morgan fingerprint density at radius 2 is 0.939 bits per heavy atom. The topological polar surface area (TPSA) is 243 Å². The van der Waals surface area contributed by atoms with Gasteiger partial charge in [0.05, 0.1) is 23.8 Å². The van der Waals surface area contributed by atoms with Crippen molar-refractivity contribution in [2.45, 2.75) is 79.7 Å². The minimum absolute atomic E-state index is 0.0122. The predicted molar refractivity (Wildman–Crippen MR) is 382 cm³/mol. The molecule has 0 amide bonds. The minimum atomic E-state index is -1.02. The molecule has 9 aromatic carbocycles. The zero-order chi connectivity index (χ0) is 69.6. The molecule has 16 nitrogen and oxygen atoms in total. The van der Waals surface area contributed by atoms with Crippen LogP contribution in [0.1, 0.15) is 110 Å². The fraction of sp³-hybridized carbons (Fsp3) is 0.159. The molecule has 0 radical (unpaired) electrons. The molecule has 500 valence electrons. The highest BCUT2D eigenvalue weighted by atomic mass is 16.5. The Balaban J connectivity index is 0.000000154. The Bertz CT molecular complexity index is 4440. The number of aromatic carboxylic acids is 2. The quantitative estimate of drug-likeness (QED) is 0.0395. The number of carboxylic acids is 2. The number of aldehydes is 1. The number of nitrogens with one attached hydrogen (secondary N) is 2. The van der Waals surface area contributed by atoms with E-state index in [2.05, 4.69) is 20.3 Å². The number of phenols is 1. The average molecular weight is 1310 g/mol. The summed E-state index contributed by atoms with van der Waals surface area (Å²) in [5.74, 6) is 1.94. The predicted octanol–water partition coefficient (Wildman–Crippen LogP) is 16.9. The highest BCUT2D eigenvalue weighted by molar-refractivity contribution is 5.90. The van der Waals surface area contributed by atoms with Crippen LogP contribution in [0.25, 0.3) is 11.0 Å². The number of anilines is 1. The van der Waals surface area contributed by atoms with Crippen LogP contribution in [-0.4, -0.2) is 65.3 Å². The largest absolute Gasteiger partial charge is 0.508 e. The van der Waals surface area contributed by atoms with Gasteiger partial charge in [-0.25, -0.2) is 19.6 Å². The molecular formula is C82H80N4O12. The number of rotatable bonds is 18. The summed E-state index contributed by atoms with van der Waals surface area (Å²) in [6, 6.07) is 76.3. The normalized spacial score (nSPS) is 11.8. The minimum Gasteiger partial charge on any atom is -0.508 e. The number of hydrogen-bond donors (Lipinski definition) is 7. The van der Waals surface area contributed by atoms with Crippen LogP contribution in [0.15, 0.2) is 261 Å². The van der Waals surface area contributed by atoms with Gasteiger partial charge < -0.3 is 54.8 Å². The zero-order valence-electron chi connectivity index (χ0n) is 55.3. The lowest BCUT2D eigenvalue weighted by molar-refractivity contribution is 0.0684. The fourth-order valence-corrected chi connectivity index (χ4v) is 10.4. The number of ether oxygens (including phenoxy) is 4. The number of pyridine rings is 2. The molecule has 0 spiro atoms. The van der Waals surface area contributed by atoms with Crippen molar-refractivity contribution in [3.63, 3.8) is 0 Å². The number of aromatic nitrogens is 3. The lowest BCUT2D eigenvalue weighted by Crippen LogP contribution is -2.14. The van der Waals surface area contributed by atoms with Crippen molar-refractivity contribution >= 4 is 35.1 Å². The summed E-state index contributed by atoms with van der Waals surface area (Å²) < 4.78 is 23.1. The second-order valence-electron chi connectivity index (χ2n) is 22.6. The first-order chi connectivity index (χ1) is 47.6. The summed E-state index contributed by atoms with van der Waals surface area (Å²) in [6.45, 7) is 11.9. The SMILES string of the molecule is Cc1c(C=O)cccc1OCc1ccccc1.Cc1c(CO)cccc1OCc1ccccc1.Cc1c(O)cccc1C(=O)O.Cc1c(OCc2ccccc2)cccc1C(=O)O.Cc1c(OCc2ccccc2)cccc1C(O)C1CNc2ncccc21.c1cnc2[nH]ccc2c1. The van der Waals surface area contributed by atoms with Crippen LogP contribution < -0.4 is 24.3 Å². The first kappa shape index (κ1) is 72.0. The van der Waals surface area contributed by atoms with E-state index in [0.717, 1.165) is 96.0 Å². The van der Waals surface area contributed by atoms with Gasteiger partial charge in [-0.2, -0.15) is 0 Å². The lowest BCUT2D eigenvalue weighted by Gasteiger charge is -2.22. The summed E-state index contributed by atoms with van der Waals surface area (Å²) in [5, 5.41) is 51.3. The van der Waals surface area contributed by atoms with Gasteiger partial charge in [-0.3, -0.25) is 4.79 Å². The van der Waals surface area contributed by atoms with E-state index in [0.29, 0.717) is 55.4 Å². The number of benzene rings is 9. The van der Waals surface area contributed by atoms with E-state index < -0.39 is 18.0 Å². The number of carbonyl (C=O) groups excluding carboxylic acids is 1. The molecule has 4 heterocycles. The number of nitrogens with zero attached hydrogens (tertiary/aromatic N) is 2. The molecule has 12 aromatic rings. The Labute approximate surface area is 571 Å². The summed E-state index contributed by atoms with van der Waals surface area (Å²) in [4.78, 5) is 43.7. The van der Waals surface area contributed by atoms with Gasteiger partial charge in [0, 0.05) is 64.3 Å². The van der Waals surface area contributed by atoms with Crippen LogP contribution in [0.2, 0.25) is 0 Å². The number of carboxylic acid groups (broad SMARTS) is 2. The zero-order valence-corrected chi connectivity index (χ0v) is 55.3. The van der Waals surface area contributed by atoms with Crippen molar-refractivity contribution in [2.75, 3.05) is 11.9 Å². The molecule has 2 unspecified atom stereocenters. The molecular weight excluding hydrogens is 1230 g/mol. The molecule has 0 saturated heterocycles. The van der Waals surface area contributed by atoms with E-state index in [-0.39, 0.29) is 29.4 Å². The third-order valence-corrected chi connectivity index (χ3v) is 16.1. The number of aliphatic hydroxyl groups excluding tert-OH is 2. The number of aromatic amines is 1. The third kappa shape index (κ3) is 20.8. The van der Waals surface area contributed by atoms with Gasteiger partial charge in [-0.05, 0) is 146 Å². The van der Waals surface area contributed by atoms with E-state index >= 15 is 0 Å². The maximum absolute atomic E-state index is 11.0. The molecule has 1 aliphatic heterocycles. The van der Waals surface area contributed by atoms with Crippen LogP contribution in [0, 0.1) is 34.6 Å². The van der Waals surface area contributed by atoms with Crippen molar-refractivity contribution in [3.8, 4) is 28.7 Å². The molecule has 0 fully saturated rings. The highest BCUT2D eigenvalue weighted by Crippen LogP contribution is 2.41. The van der Waals surface area contributed by atoms with Gasteiger partial charge in [0.25, 0.3) is 0 Å². The van der Waals surface area contributed by atoms with Crippen molar-refractivity contribution in [2.24, 2.45) is 0 Å². The Morgan fingerprint density at radius 3 is 1.44 bits per heavy atom. The van der Waals surface area contributed by atoms with Crippen LogP contribution in [-0.2, 0) is 33.0 Å². The van der Waals surface area contributed by atoms with Crippen molar-refractivity contribution in [1.82, 2.24) is 15.0 Å². The number of aromatic hydroxyl groups is 1. The van der Waals surface area contributed by atoms with Gasteiger partial charge in [-0.1, -0.05) is 176 Å². The molecule has 0 saturated carbocycles. The molecule has 2 atom stereocenters. The Kier molecular flexibility index (Phi) is 27.4. The number of H-pyrrole nitrogens is 1.